The van der Waals surface area contributed by atoms with Gasteiger partial charge >= 0.3 is 0 Å². The maximum atomic E-state index is 13.2. The Bertz CT molecular complexity index is 1030. The van der Waals surface area contributed by atoms with Gasteiger partial charge in [0.25, 0.3) is 5.91 Å². The van der Waals surface area contributed by atoms with E-state index in [-0.39, 0.29) is 17.7 Å². The maximum absolute atomic E-state index is 13.2. The summed E-state index contributed by atoms with van der Waals surface area (Å²) in [6, 6.07) is 19.1. The molecule has 168 valence electrons. The lowest BCUT2D eigenvalue weighted by molar-refractivity contribution is -0.116. The Morgan fingerprint density at radius 2 is 1.72 bits per heavy atom. The lowest BCUT2D eigenvalue weighted by Gasteiger charge is -2.26. The van der Waals surface area contributed by atoms with Gasteiger partial charge in [-0.1, -0.05) is 44.2 Å². The molecule has 0 spiro atoms. The molecule has 0 aliphatic heterocycles. The van der Waals surface area contributed by atoms with Crippen LogP contribution < -0.4 is 10.2 Å². The minimum atomic E-state index is -0.183. The lowest BCUT2D eigenvalue weighted by Crippen LogP contribution is -2.30. The molecule has 2 aromatic carbocycles. The molecule has 3 aromatic rings. The summed E-state index contributed by atoms with van der Waals surface area (Å²) in [5.41, 5.74) is 3.67. The van der Waals surface area contributed by atoms with Crippen molar-refractivity contribution in [2.45, 2.75) is 33.4 Å². The first kappa shape index (κ1) is 23.1. The highest BCUT2D eigenvalue weighted by Crippen LogP contribution is 2.26. The predicted octanol–water partition coefficient (Wildman–Crippen LogP) is 5.17. The van der Waals surface area contributed by atoms with Crippen molar-refractivity contribution in [2.24, 2.45) is 5.92 Å². The summed E-state index contributed by atoms with van der Waals surface area (Å²) in [4.78, 5) is 29.3. The highest BCUT2D eigenvalue weighted by Gasteiger charge is 2.21. The zero-order valence-electron chi connectivity index (χ0n) is 19.2. The Morgan fingerprint density at radius 3 is 2.34 bits per heavy atom. The second-order valence-corrected chi connectivity index (χ2v) is 8.51. The molecule has 6 heteroatoms. The molecular formula is C26H31N3O3. The van der Waals surface area contributed by atoms with E-state index < -0.39 is 0 Å². The fourth-order valence-electron chi connectivity index (χ4n) is 3.57. The molecule has 1 heterocycles. The molecule has 0 aliphatic rings. The van der Waals surface area contributed by atoms with E-state index in [9.17, 15) is 9.59 Å². The summed E-state index contributed by atoms with van der Waals surface area (Å²) in [5.74, 6) is 0.380. The smallest absolute Gasteiger partial charge is 0.290 e. The SMILES string of the molecule is CC(C)CC(=O)Nc1ccc(N(C)C)c(CN(Cc2ccccc2)C(=O)c2ccco2)c1. The fourth-order valence-corrected chi connectivity index (χ4v) is 3.57. The number of benzene rings is 2. The van der Waals surface area contributed by atoms with E-state index in [4.69, 9.17) is 4.42 Å². The number of anilines is 2. The van der Waals surface area contributed by atoms with E-state index in [1.807, 2.05) is 81.4 Å². The van der Waals surface area contributed by atoms with Crippen molar-refractivity contribution in [1.29, 1.82) is 0 Å². The predicted molar refractivity (Wildman–Crippen MR) is 128 cm³/mol. The van der Waals surface area contributed by atoms with Gasteiger partial charge in [0.05, 0.1) is 6.26 Å². The standard InChI is InChI=1S/C26H31N3O3/c1-19(2)15-25(30)27-22-12-13-23(28(3)4)21(16-22)18-29(17-20-9-6-5-7-10-20)26(31)24-11-8-14-32-24/h5-14,16,19H,15,17-18H2,1-4H3,(H,27,30). The van der Waals surface area contributed by atoms with Crippen LogP contribution in [0.25, 0.3) is 0 Å². The van der Waals surface area contributed by atoms with Crippen LogP contribution in [-0.2, 0) is 17.9 Å². The number of hydrogen-bond donors (Lipinski definition) is 1. The molecule has 3 rings (SSSR count). The monoisotopic (exact) mass is 433 g/mol. The summed E-state index contributed by atoms with van der Waals surface area (Å²) in [6.07, 6.45) is 1.96. The molecule has 1 aromatic heterocycles. The first-order valence-electron chi connectivity index (χ1n) is 10.8. The van der Waals surface area contributed by atoms with Crippen molar-refractivity contribution >= 4 is 23.2 Å². The third-order valence-corrected chi connectivity index (χ3v) is 5.04. The van der Waals surface area contributed by atoms with Crippen LogP contribution >= 0.6 is 0 Å². The minimum Gasteiger partial charge on any atom is -0.459 e. The Balaban J connectivity index is 1.91. The maximum Gasteiger partial charge on any atom is 0.290 e. The van der Waals surface area contributed by atoms with Crippen LogP contribution in [0.4, 0.5) is 11.4 Å². The van der Waals surface area contributed by atoms with Crippen LogP contribution in [0.1, 0.15) is 41.9 Å². The van der Waals surface area contributed by atoms with E-state index in [0.717, 1.165) is 22.5 Å². The van der Waals surface area contributed by atoms with Crippen molar-refractivity contribution in [1.82, 2.24) is 4.90 Å². The van der Waals surface area contributed by atoms with Gasteiger partial charge in [0, 0.05) is 45.0 Å². The topological polar surface area (TPSA) is 65.8 Å². The first-order valence-corrected chi connectivity index (χ1v) is 10.8. The van der Waals surface area contributed by atoms with E-state index in [2.05, 4.69) is 5.32 Å². The van der Waals surface area contributed by atoms with Crippen molar-refractivity contribution in [3.05, 3.63) is 83.8 Å². The summed E-state index contributed by atoms with van der Waals surface area (Å²) in [6.45, 7) is 4.84. The molecule has 0 unspecified atom stereocenters. The van der Waals surface area contributed by atoms with Crippen LogP contribution in [0.5, 0.6) is 0 Å². The first-order chi connectivity index (χ1) is 15.3. The Morgan fingerprint density at radius 1 is 0.969 bits per heavy atom. The van der Waals surface area contributed by atoms with E-state index in [0.29, 0.717) is 25.3 Å². The van der Waals surface area contributed by atoms with Gasteiger partial charge in [0.1, 0.15) is 0 Å². The van der Waals surface area contributed by atoms with Gasteiger partial charge in [-0.25, -0.2) is 0 Å². The average molecular weight is 434 g/mol. The molecule has 0 bridgehead atoms. The molecule has 2 amide bonds. The van der Waals surface area contributed by atoms with Crippen molar-refractivity contribution < 1.29 is 14.0 Å². The van der Waals surface area contributed by atoms with Gasteiger partial charge < -0.3 is 19.5 Å². The molecule has 0 atom stereocenters. The molecular weight excluding hydrogens is 402 g/mol. The Labute approximate surface area is 189 Å². The molecule has 0 saturated carbocycles. The lowest BCUT2D eigenvalue weighted by atomic mass is 10.1. The molecule has 0 aliphatic carbocycles. The Hall–Kier alpha value is -3.54. The van der Waals surface area contributed by atoms with Crippen molar-refractivity contribution in [3.8, 4) is 0 Å². The molecule has 1 N–H and O–H groups in total. The molecule has 32 heavy (non-hydrogen) atoms. The van der Waals surface area contributed by atoms with E-state index >= 15 is 0 Å². The van der Waals surface area contributed by atoms with Gasteiger partial charge in [-0.05, 0) is 47.4 Å². The van der Waals surface area contributed by atoms with Crippen LogP contribution in [-0.4, -0.2) is 30.8 Å². The van der Waals surface area contributed by atoms with Crippen molar-refractivity contribution in [2.75, 3.05) is 24.3 Å². The third-order valence-electron chi connectivity index (χ3n) is 5.04. The third kappa shape index (κ3) is 6.23. The van der Waals surface area contributed by atoms with Gasteiger partial charge in [-0.2, -0.15) is 0 Å². The number of furan rings is 1. The summed E-state index contributed by atoms with van der Waals surface area (Å²) < 4.78 is 5.38. The zero-order valence-corrected chi connectivity index (χ0v) is 19.2. The van der Waals surface area contributed by atoms with E-state index in [1.54, 1.807) is 17.0 Å². The fraction of sp³-hybridized carbons (Fsp3) is 0.308. The number of amides is 2. The number of rotatable bonds is 9. The van der Waals surface area contributed by atoms with Gasteiger partial charge in [-0.15, -0.1) is 0 Å². The summed E-state index contributed by atoms with van der Waals surface area (Å²) in [7, 11) is 3.93. The second-order valence-electron chi connectivity index (χ2n) is 8.51. The number of carbonyl (C=O) groups excluding carboxylic acids is 2. The second kappa shape index (κ2) is 10.7. The highest BCUT2D eigenvalue weighted by atomic mass is 16.3. The van der Waals surface area contributed by atoms with Gasteiger partial charge in [0.2, 0.25) is 5.91 Å². The molecule has 6 nitrogen and oxygen atoms in total. The van der Waals surface area contributed by atoms with Crippen LogP contribution in [0.3, 0.4) is 0 Å². The van der Waals surface area contributed by atoms with Crippen LogP contribution in [0, 0.1) is 5.92 Å². The number of nitrogens with zero attached hydrogens (tertiary/aromatic N) is 2. The van der Waals surface area contributed by atoms with Crippen molar-refractivity contribution in [3.63, 3.8) is 0 Å². The van der Waals surface area contributed by atoms with Gasteiger partial charge in [-0.3, -0.25) is 9.59 Å². The number of carbonyl (C=O) groups is 2. The van der Waals surface area contributed by atoms with Crippen LogP contribution in [0.2, 0.25) is 0 Å². The normalized spacial score (nSPS) is 10.8. The molecule has 0 radical (unpaired) electrons. The summed E-state index contributed by atoms with van der Waals surface area (Å²) >= 11 is 0. The minimum absolute atomic E-state index is 0.0173. The van der Waals surface area contributed by atoms with Crippen LogP contribution in [0.15, 0.2) is 71.3 Å². The summed E-state index contributed by atoms with van der Waals surface area (Å²) in [5, 5.41) is 2.98. The van der Waals surface area contributed by atoms with Gasteiger partial charge in [0.15, 0.2) is 5.76 Å². The molecule has 0 fully saturated rings. The Kier molecular flexibility index (Phi) is 7.71. The average Bonchev–Trinajstić information content (AvgIpc) is 3.28. The highest BCUT2D eigenvalue weighted by molar-refractivity contribution is 5.92. The quantitative estimate of drug-likeness (QED) is 0.505. The number of hydrogen-bond acceptors (Lipinski definition) is 4. The zero-order chi connectivity index (χ0) is 23.1. The number of nitrogens with one attached hydrogen (secondary N) is 1. The molecule has 0 saturated heterocycles. The van der Waals surface area contributed by atoms with E-state index in [1.165, 1.54) is 6.26 Å². The largest absolute Gasteiger partial charge is 0.459 e.